The Morgan fingerprint density at radius 2 is 2.12 bits per heavy atom. The third-order valence-electron chi connectivity index (χ3n) is 3.92. The van der Waals surface area contributed by atoms with Crippen LogP contribution in [0.2, 0.25) is 0 Å². The normalized spacial score (nSPS) is 12.1. The number of ether oxygens (including phenoxy) is 2. The number of fused-ring (bicyclic) bond motifs is 2. The Bertz CT molecular complexity index is 998. The van der Waals surface area contributed by atoms with E-state index in [2.05, 4.69) is 25.9 Å². The smallest absolute Gasteiger partial charge is 0.258 e. The number of rotatable bonds is 2. The van der Waals surface area contributed by atoms with Crippen LogP contribution in [0.25, 0.3) is 11.4 Å². The molecule has 0 amide bonds. The Morgan fingerprint density at radius 1 is 1.25 bits per heavy atom. The highest BCUT2D eigenvalue weighted by Crippen LogP contribution is 2.35. The predicted octanol–water partition coefficient (Wildman–Crippen LogP) is 3.90. The first-order valence-electron chi connectivity index (χ1n) is 7.38. The van der Waals surface area contributed by atoms with Crippen LogP contribution in [0.5, 0.6) is 17.4 Å². The van der Waals surface area contributed by atoms with Crippen molar-refractivity contribution in [3.8, 4) is 28.8 Å². The van der Waals surface area contributed by atoms with Crippen molar-refractivity contribution in [3.63, 3.8) is 0 Å². The van der Waals surface area contributed by atoms with Crippen LogP contribution in [-0.2, 0) is 6.42 Å². The van der Waals surface area contributed by atoms with Gasteiger partial charge in [0.25, 0.3) is 5.56 Å². The van der Waals surface area contributed by atoms with Gasteiger partial charge in [-0.05, 0) is 30.3 Å². The lowest BCUT2D eigenvalue weighted by atomic mass is 10.0. The third kappa shape index (κ3) is 2.59. The van der Waals surface area contributed by atoms with Crippen LogP contribution in [0.15, 0.2) is 51.7 Å². The quantitative estimate of drug-likeness (QED) is 0.569. The van der Waals surface area contributed by atoms with E-state index in [-0.39, 0.29) is 5.56 Å². The van der Waals surface area contributed by atoms with E-state index in [9.17, 15) is 4.79 Å². The summed E-state index contributed by atoms with van der Waals surface area (Å²) in [4.78, 5) is 19.8. The van der Waals surface area contributed by atoms with Gasteiger partial charge in [0.15, 0.2) is 0 Å². The third-order valence-corrected chi connectivity index (χ3v) is 4.41. The van der Waals surface area contributed by atoms with Crippen LogP contribution >= 0.6 is 15.9 Å². The Labute approximate surface area is 146 Å². The molecule has 1 aromatic heterocycles. The summed E-state index contributed by atoms with van der Waals surface area (Å²) in [6.07, 6.45) is 0.491. The van der Waals surface area contributed by atoms with Crippen molar-refractivity contribution < 1.29 is 9.47 Å². The van der Waals surface area contributed by atoms with Crippen LogP contribution in [-0.4, -0.2) is 17.1 Å². The molecule has 0 bridgehead atoms. The van der Waals surface area contributed by atoms with Crippen LogP contribution < -0.4 is 15.0 Å². The summed E-state index contributed by atoms with van der Waals surface area (Å²) in [5.41, 5.74) is 2.06. The van der Waals surface area contributed by atoms with Crippen molar-refractivity contribution in [1.29, 1.82) is 0 Å². The molecule has 3 aromatic rings. The molecule has 0 saturated carbocycles. The van der Waals surface area contributed by atoms with Gasteiger partial charge in [-0.1, -0.05) is 28.1 Å². The maximum Gasteiger partial charge on any atom is 0.258 e. The van der Waals surface area contributed by atoms with Gasteiger partial charge in [0.05, 0.1) is 12.7 Å². The second kappa shape index (κ2) is 5.79. The Morgan fingerprint density at radius 3 is 2.96 bits per heavy atom. The van der Waals surface area contributed by atoms with Gasteiger partial charge in [-0.15, -0.1) is 0 Å². The van der Waals surface area contributed by atoms with Crippen molar-refractivity contribution in [1.82, 2.24) is 9.97 Å². The highest BCUT2D eigenvalue weighted by Gasteiger charge is 2.22. The topological polar surface area (TPSA) is 64.2 Å². The lowest BCUT2D eigenvalue weighted by Gasteiger charge is -2.19. The fraction of sp³-hybridized carbons (Fsp3) is 0.111. The van der Waals surface area contributed by atoms with Gasteiger partial charge in [0, 0.05) is 22.0 Å². The number of halogens is 1. The minimum absolute atomic E-state index is 0.191. The van der Waals surface area contributed by atoms with Crippen molar-refractivity contribution >= 4 is 15.9 Å². The fourth-order valence-corrected chi connectivity index (χ4v) is 3.11. The average Bonchev–Trinajstić information content (AvgIpc) is 2.60. The summed E-state index contributed by atoms with van der Waals surface area (Å²) < 4.78 is 12.0. The van der Waals surface area contributed by atoms with E-state index in [0.717, 1.165) is 21.3 Å². The molecule has 0 unspecified atom stereocenters. The number of H-pyrrole nitrogens is 1. The minimum atomic E-state index is -0.191. The molecule has 1 aliphatic heterocycles. The SMILES string of the molecule is COc1cccc(-c2nc3c(c(=O)[nH]2)Cc2cc(Br)ccc2O3)c1. The van der Waals surface area contributed by atoms with Crippen molar-refractivity contribution in [2.24, 2.45) is 0 Å². The highest BCUT2D eigenvalue weighted by atomic mass is 79.9. The maximum atomic E-state index is 12.5. The molecular formula is C18H13BrN2O3. The van der Waals surface area contributed by atoms with E-state index in [1.165, 1.54) is 0 Å². The van der Waals surface area contributed by atoms with Crippen molar-refractivity contribution in [2.45, 2.75) is 6.42 Å². The molecule has 2 heterocycles. The first kappa shape index (κ1) is 15.0. The van der Waals surface area contributed by atoms with E-state index in [1.807, 2.05) is 42.5 Å². The van der Waals surface area contributed by atoms with Crippen LogP contribution in [0.4, 0.5) is 0 Å². The van der Waals surface area contributed by atoms with Gasteiger partial charge in [0.1, 0.15) is 17.3 Å². The van der Waals surface area contributed by atoms with Gasteiger partial charge in [0.2, 0.25) is 5.88 Å². The van der Waals surface area contributed by atoms with Crippen molar-refractivity contribution in [3.05, 3.63) is 68.4 Å². The molecule has 0 atom stereocenters. The molecular weight excluding hydrogens is 372 g/mol. The number of nitrogens with zero attached hydrogens (tertiary/aromatic N) is 1. The molecule has 6 heteroatoms. The van der Waals surface area contributed by atoms with E-state index in [0.29, 0.717) is 29.4 Å². The molecule has 0 radical (unpaired) electrons. The Hall–Kier alpha value is -2.60. The number of hydrogen-bond acceptors (Lipinski definition) is 4. The molecule has 0 spiro atoms. The second-order valence-electron chi connectivity index (χ2n) is 5.46. The van der Waals surface area contributed by atoms with Crippen LogP contribution in [0.3, 0.4) is 0 Å². The van der Waals surface area contributed by atoms with Gasteiger partial charge in [-0.25, -0.2) is 0 Å². The van der Waals surface area contributed by atoms with Crippen LogP contribution in [0.1, 0.15) is 11.1 Å². The van der Waals surface area contributed by atoms with Crippen LogP contribution in [0, 0.1) is 0 Å². The number of aromatic nitrogens is 2. The number of hydrogen-bond donors (Lipinski definition) is 1. The second-order valence-corrected chi connectivity index (χ2v) is 6.38. The Balaban J connectivity index is 1.80. The van der Waals surface area contributed by atoms with E-state index in [1.54, 1.807) is 7.11 Å². The predicted molar refractivity (Wildman–Crippen MR) is 93.9 cm³/mol. The molecule has 1 aliphatic rings. The number of benzene rings is 2. The summed E-state index contributed by atoms with van der Waals surface area (Å²) in [5.74, 6) is 2.23. The lowest BCUT2D eigenvalue weighted by Crippen LogP contribution is -2.20. The van der Waals surface area contributed by atoms with Gasteiger partial charge in [-0.3, -0.25) is 4.79 Å². The van der Waals surface area contributed by atoms with Crippen molar-refractivity contribution in [2.75, 3.05) is 7.11 Å². The monoisotopic (exact) mass is 384 g/mol. The standard InChI is InChI=1S/C18H13BrN2O3/c1-23-13-4-2-3-10(8-13)16-20-17(22)14-9-11-7-12(19)5-6-15(11)24-18(14)21-16/h2-8H,9H2,1H3,(H,20,21,22). The molecule has 4 rings (SSSR count). The van der Waals surface area contributed by atoms with E-state index < -0.39 is 0 Å². The number of aromatic amines is 1. The summed E-state index contributed by atoms with van der Waals surface area (Å²) in [7, 11) is 1.60. The zero-order valence-electron chi connectivity index (χ0n) is 12.8. The zero-order valence-corrected chi connectivity index (χ0v) is 14.4. The molecule has 0 aliphatic carbocycles. The summed E-state index contributed by atoms with van der Waals surface area (Å²) in [6, 6.07) is 13.1. The lowest BCUT2D eigenvalue weighted by molar-refractivity contribution is 0.415. The summed E-state index contributed by atoms with van der Waals surface area (Å²) in [5, 5.41) is 0. The maximum absolute atomic E-state index is 12.5. The first-order valence-corrected chi connectivity index (χ1v) is 8.17. The largest absolute Gasteiger partial charge is 0.497 e. The van der Waals surface area contributed by atoms with Gasteiger partial charge >= 0.3 is 0 Å². The average molecular weight is 385 g/mol. The first-order chi connectivity index (χ1) is 11.6. The number of methoxy groups -OCH3 is 1. The minimum Gasteiger partial charge on any atom is -0.497 e. The van der Waals surface area contributed by atoms with E-state index >= 15 is 0 Å². The molecule has 5 nitrogen and oxygen atoms in total. The molecule has 24 heavy (non-hydrogen) atoms. The fourth-order valence-electron chi connectivity index (χ4n) is 2.70. The molecule has 1 N–H and O–H groups in total. The Kier molecular flexibility index (Phi) is 3.61. The highest BCUT2D eigenvalue weighted by molar-refractivity contribution is 9.10. The molecule has 2 aromatic carbocycles. The zero-order chi connectivity index (χ0) is 16.7. The van der Waals surface area contributed by atoms with Gasteiger partial charge in [-0.2, -0.15) is 4.98 Å². The molecule has 0 fully saturated rings. The number of nitrogens with one attached hydrogen (secondary N) is 1. The summed E-state index contributed by atoms with van der Waals surface area (Å²) >= 11 is 3.44. The molecule has 120 valence electrons. The van der Waals surface area contributed by atoms with E-state index in [4.69, 9.17) is 9.47 Å². The van der Waals surface area contributed by atoms with Gasteiger partial charge < -0.3 is 14.5 Å². The molecule has 0 saturated heterocycles. The summed E-state index contributed by atoms with van der Waals surface area (Å²) in [6.45, 7) is 0.